The molecule has 1 aromatic carbocycles. The molecule has 0 fully saturated rings. The van der Waals surface area contributed by atoms with Gasteiger partial charge in [-0.2, -0.15) is 0 Å². The van der Waals surface area contributed by atoms with Gasteiger partial charge in [0.05, 0.1) is 0 Å². The van der Waals surface area contributed by atoms with Crippen molar-refractivity contribution in [3.05, 3.63) is 36.4 Å². The van der Waals surface area contributed by atoms with E-state index in [4.69, 9.17) is 0 Å². The summed E-state index contributed by atoms with van der Waals surface area (Å²) in [5.41, 5.74) is 2.67. The van der Waals surface area contributed by atoms with E-state index in [0.717, 1.165) is 31.6 Å². The second-order valence-electron chi connectivity index (χ2n) is 5.15. The minimum Gasteiger partial charge on any atom is -0.372 e. The highest BCUT2D eigenvalue weighted by Gasteiger charge is 2.12. The Morgan fingerprint density at radius 1 is 1.05 bits per heavy atom. The molecule has 3 nitrogen and oxygen atoms in total. The molecule has 0 bridgehead atoms. The summed E-state index contributed by atoms with van der Waals surface area (Å²) in [6.07, 6.45) is 2.27. The number of amides is 1. The molecule has 1 rings (SSSR count). The molecule has 0 aliphatic heterocycles. The molecule has 110 valence electrons. The maximum absolute atomic E-state index is 11.9. The highest BCUT2D eigenvalue weighted by atomic mass is 16.2. The molecule has 0 N–H and O–H groups in total. The summed E-state index contributed by atoms with van der Waals surface area (Å²) in [7, 11) is 1.78. The van der Waals surface area contributed by atoms with E-state index >= 15 is 0 Å². The van der Waals surface area contributed by atoms with Crippen LogP contribution in [0.4, 0.5) is 11.4 Å². The Bertz CT molecular complexity index is 445. The minimum atomic E-state index is -0.0447. The molecule has 0 unspecified atom stereocenters. The Morgan fingerprint density at radius 2 is 1.50 bits per heavy atom. The second kappa shape index (κ2) is 7.73. The Labute approximate surface area is 122 Å². The number of hydrogen-bond donors (Lipinski definition) is 0. The molecule has 1 amide bonds. The maximum atomic E-state index is 11.9. The predicted octanol–water partition coefficient (Wildman–Crippen LogP) is 3.85. The molecule has 0 spiro atoms. The van der Waals surface area contributed by atoms with Gasteiger partial charge in [-0.05, 0) is 44.0 Å². The topological polar surface area (TPSA) is 23.6 Å². The van der Waals surface area contributed by atoms with Crippen LogP contribution in [-0.4, -0.2) is 26.0 Å². The zero-order valence-corrected chi connectivity index (χ0v) is 13.1. The fraction of sp³-hybridized carbons (Fsp3) is 0.471. The van der Waals surface area contributed by atoms with E-state index in [9.17, 15) is 4.79 Å². The van der Waals surface area contributed by atoms with Crippen molar-refractivity contribution < 1.29 is 4.79 Å². The molecular weight excluding hydrogens is 248 g/mol. The van der Waals surface area contributed by atoms with Crippen molar-refractivity contribution >= 4 is 17.3 Å². The first-order valence-electron chi connectivity index (χ1n) is 7.29. The van der Waals surface area contributed by atoms with E-state index in [1.54, 1.807) is 18.9 Å². The summed E-state index contributed by atoms with van der Waals surface area (Å²) >= 11 is 0. The van der Waals surface area contributed by atoms with Crippen LogP contribution >= 0.6 is 0 Å². The lowest BCUT2D eigenvalue weighted by Gasteiger charge is -2.25. The van der Waals surface area contributed by atoms with Crippen molar-refractivity contribution in [3.63, 3.8) is 0 Å². The molecule has 0 heterocycles. The summed E-state index contributed by atoms with van der Waals surface area (Å²) in [5, 5.41) is 0. The van der Waals surface area contributed by atoms with Crippen molar-refractivity contribution in [2.24, 2.45) is 0 Å². The van der Waals surface area contributed by atoms with Gasteiger partial charge in [0.25, 0.3) is 5.91 Å². The average Bonchev–Trinajstić information content (AvgIpc) is 2.45. The number of carbonyl (C=O) groups is 1. The Hall–Kier alpha value is -1.77. The van der Waals surface area contributed by atoms with Gasteiger partial charge in [-0.15, -0.1) is 0 Å². The standard InChI is InChI=1S/C17H26N2O/c1-6-12-19(13-7-2)16-10-8-15(9-11-16)18(5)17(20)14(3)4/h8-11H,3,6-7,12-13H2,1-2,4-5H3. The number of benzene rings is 1. The van der Waals surface area contributed by atoms with E-state index < -0.39 is 0 Å². The van der Waals surface area contributed by atoms with Crippen molar-refractivity contribution in [3.8, 4) is 0 Å². The normalized spacial score (nSPS) is 10.2. The Morgan fingerprint density at radius 3 is 1.90 bits per heavy atom. The molecule has 0 atom stereocenters. The van der Waals surface area contributed by atoms with Crippen molar-refractivity contribution in [1.82, 2.24) is 0 Å². The van der Waals surface area contributed by atoms with Crippen LogP contribution in [0.15, 0.2) is 36.4 Å². The molecule has 0 aliphatic carbocycles. The molecule has 0 aromatic heterocycles. The molecule has 20 heavy (non-hydrogen) atoms. The number of hydrogen-bond acceptors (Lipinski definition) is 2. The third kappa shape index (κ3) is 4.12. The van der Waals surface area contributed by atoms with Crippen molar-refractivity contribution in [2.75, 3.05) is 29.9 Å². The average molecular weight is 274 g/mol. The Balaban J connectivity index is 2.86. The molecule has 0 aliphatic rings. The molecule has 0 radical (unpaired) electrons. The van der Waals surface area contributed by atoms with Crippen LogP contribution in [0.1, 0.15) is 33.6 Å². The lowest BCUT2D eigenvalue weighted by molar-refractivity contribution is -0.114. The highest BCUT2D eigenvalue weighted by molar-refractivity contribution is 6.04. The summed E-state index contributed by atoms with van der Waals surface area (Å²) in [6, 6.07) is 8.16. The van der Waals surface area contributed by atoms with E-state index in [1.165, 1.54) is 5.69 Å². The number of nitrogens with zero attached hydrogens (tertiary/aromatic N) is 2. The quantitative estimate of drug-likeness (QED) is 0.705. The monoisotopic (exact) mass is 274 g/mol. The van der Waals surface area contributed by atoms with E-state index in [-0.39, 0.29) is 5.91 Å². The van der Waals surface area contributed by atoms with Gasteiger partial charge < -0.3 is 9.80 Å². The lowest BCUT2D eigenvalue weighted by atomic mass is 10.2. The zero-order chi connectivity index (χ0) is 15.1. The molecule has 3 heteroatoms. The first-order chi connectivity index (χ1) is 9.51. The number of likely N-dealkylation sites (N-methyl/N-ethyl adjacent to an activating group) is 1. The van der Waals surface area contributed by atoms with Gasteiger partial charge in [0.15, 0.2) is 0 Å². The van der Waals surface area contributed by atoms with Gasteiger partial charge in [0, 0.05) is 37.1 Å². The Kier molecular flexibility index (Phi) is 6.29. The van der Waals surface area contributed by atoms with Gasteiger partial charge in [-0.1, -0.05) is 20.4 Å². The third-order valence-electron chi connectivity index (χ3n) is 3.26. The number of carbonyl (C=O) groups excluding carboxylic acids is 1. The number of rotatable bonds is 7. The van der Waals surface area contributed by atoms with Crippen LogP contribution in [0, 0.1) is 0 Å². The van der Waals surface area contributed by atoms with Crippen molar-refractivity contribution in [1.29, 1.82) is 0 Å². The van der Waals surface area contributed by atoms with E-state index in [0.29, 0.717) is 5.57 Å². The highest BCUT2D eigenvalue weighted by Crippen LogP contribution is 2.21. The third-order valence-corrected chi connectivity index (χ3v) is 3.26. The summed E-state index contributed by atoms with van der Waals surface area (Å²) in [4.78, 5) is 15.9. The summed E-state index contributed by atoms with van der Waals surface area (Å²) in [5.74, 6) is -0.0447. The summed E-state index contributed by atoms with van der Waals surface area (Å²) in [6.45, 7) is 11.9. The largest absolute Gasteiger partial charge is 0.372 e. The van der Waals surface area contributed by atoms with Crippen molar-refractivity contribution in [2.45, 2.75) is 33.6 Å². The zero-order valence-electron chi connectivity index (χ0n) is 13.1. The fourth-order valence-corrected chi connectivity index (χ4v) is 2.20. The van der Waals surface area contributed by atoms with Crippen LogP contribution in [0.25, 0.3) is 0 Å². The first kappa shape index (κ1) is 16.3. The molecule has 0 saturated heterocycles. The predicted molar refractivity (Wildman–Crippen MR) is 87.5 cm³/mol. The van der Waals surface area contributed by atoms with Gasteiger partial charge in [0.2, 0.25) is 0 Å². The first-order valence-corrected chi connectivity index (χ1v) is 7.29. The van der Waals surface area contributed by atoms with Gasteiger partial charge in [0.1, 0.15) is 0 Å². The van der Waals surface area contributed by atoms with Crippen LogP contribution in [0.2, 0.25) is 0 Å². The maximum Gasteiger partial charge on any atom is 0.253 e. The van der Waals surface area contributed by atoms with Crippen LogP contribution < -0.4 is 9.80 Å². The lowest BCUT2D eigenvalue weighted by Crippen LogP contribution is -2.27. The number of anilines is 2. The fourth-order valence-electron chi connectivity index (χ4n) is 2.20. The van der Waals surface area contributed by atoms with E-state index in [2.05, 4.69) is 37.5 Å². The van der Waals surface area contributed by atoms with Gasteiger partial charge in [-0.3, -0.25) is 4.79 Å². The smallest absolute Gasteiger partial charge is 0.253 e. The van der Waals surface area contributed by atoms with Crippen LogP contribution in [-0.2, 0) is 4.79 Å². The van der Waals surface area contributed by atoms with Crippen LogP contribution in [0.3, 0.4) is 0 Å². The molecular formula is C17H26N2O. The second-order valence-corrected chi connectivity index (χ2v) is 5.15. The SMILES string of the molecule is C=C(C)C(=O)N(C)c1ccc(N(CCC)CCC)cc1. The van der Waals surface area contributed by atoms with E-state index in [1.807, 2.05) is 12.1 Å². The molecule has 1 aromatic rings. The van der Waals surface area contributed by atoms with Gasteiger partial charge >= 0.3 is 0 Å². The minimum absolute atomic E-state index is 0.0447. The van der Waals surface area contributed by atoms with Gasteiger partial charge in [-0.25, -0.2) is 0 Å². The summed E-state index contributed by atoms with van der Waals surface area (Å²) < 4.78 is 0. The molecule has 0 saturated carbocycles. The van der Waals surface area contributed by atoms with Crippen LogP contribution in [0.5, 0.6) is 0 Å².